The molecule has 2 rings (SSSR count). The molecule has 2 aromatic heterocycles. The summed E-state index contributed by atoms with van der Waals surface area (Å²) in [6.45, 7) is 4.82. The Labute approximate surface area is 121 Å². The van der Waals surface area contributed by atoms with Crippen molar-refractivity contribution in [3.63, 3.8) is 0 Å². The standard InChI is InChI=1S/C13H14Cl2N2S/c1-8-3-4-10(6-16-8)7-17-9(2)11-5-12(14)18-13(11)15/h3-6,9,17H,7H2,1-2H3. The number of aromatic nitrogens is 1. The van der Waals surface area contributed by atoms with Crippen molar-refractivity contribution in [2.45, 2.75) is 26.4 Å². The molecule has 2 heterocycles. The van der Waals surface area contributed by atoms with Gasteiger partial charge < -0.3 is 5.32 Å². The van der Waals surface area contributed by atoms with E-state index in [9.17, 15) is 0 Å². The van der Waals surface area contributed by atoms with Crippen molar-refractivity contribution in [3.05, 3.63) is 49.9 Å². The number of nitrogens with one attached hydrogen (secondary N) is 1. The van der Waals surface area contributed by atoms with E-state index in [1.54, 1.807) is 0 Å². The van der Waals surface area contributed by atoms with Crippen LogP contribution in [-0.4, -0.2) is 4.98 Å². The molecule has 96 valence electrons. The molecule has 0 aliphatic heterocycles. The highest BCUT2D eigenvalue weighted by molar-refractivity contribution is 7.20. The van der Waals surface area contributed by atoms with Crippen LogP contribution >= 0.6 is 34.5 Å². The highest BCUT2D eigenvalue weighted by atomic mass is 35.5. The minimum Gasteiger partial charge on any atom is -0.306 e. The summed E-state index contributed by atoms with van der Waals surface area (Å²) < 4.78 is 1.47. The van der Waals surface area contributed by atoms with E-state index in [1.165, 1.54) is 11.3 Å². The van der Waals surface area contributed by atoms with Crippen LogP contribution in [0.1, 0.15) is 29.8 Å². The number of pyridine rings is 1. The highest BCUT2D eigenvalue weighted by Gasteiger charge is 2.12. The van der Waals surface area contributed by atoms with Crippen molar-refractivity contribution >= 4 is 34.5 Å². The topological polar surface area (TPSA) is 24.9 Å². The lowest BCUT2D eigenvalue weighted by Crippen LogP contribution is -2.17. The van der Waals surface area contributed by atoms with E-state index in [0.717, 1.165) is 32.0 Å². The van der Waals surface area contributed by atoms with Crippen LogP contribution in [0, 0.1) is 6.92 Å². The molecule has 2 aromatic rings. The first-order valence-electron chi connectivity index (χ1n) is 5.66. The van der Waals surface area contributed by atoms with Gasteiger partial charge in [-0.05, 0) is 37.1 Å². The summed E-state index contributed by atoms with van der Waals surface area (Å²) in [7, 11) is 0. The van der Waals surface area contributed by atoms with Gasteiger partial charge in [0.2, 0.25) is 0 Å². The summed E-state index contributed by atoms with van der Waals surface area (Å²) in [6.07, 6.45) is 1.89. The highest BCUT2D eigenvalue weighted by Crippen LogP contribution is 2.34. The Morgan fingerprint density at radius 2 is 2.17 bits per heavy atom. The first-order chi connectivity index (χ1) is 8.56. The van der Waals surface area contributed by atoms with E-state index >= 15 is 0 Å². The third kappa shape index (κ3) is 3.45. The van der Waals surface area contributed by atoms with Gasteiger partial charge in [-0.15, -0.1) is 11.3 Å². The molecule has 2 nitrogen and oxygen atoms in total. The first kappa shape index (κ1) is 13.8. The van der Waals surface area contributed by atoms with Gasteiger partial charge in [-0.3, -0.25) is 4.98 Å². The molecule has 0 bridgehead atoms. The van der Waals surface area contributed by atoms with E-state index in [2.05, 4.69) is 23.3 Å². The van der Waals surface area contributed by atoms with E-state index in [1.807, 2.05) is 25.3 Å². The largest absolute Gasteiger partial charge is 0.306 e. The predicted molar refractivity (Wildman–Crippen MR) is 78.6 cm³/mol. The Hall–Kier alpha value is -0.610. The van der Waals surface area contributed by atoms with Gasteiger partial charge >= 0.3 is 0 Å². The number of halogens is 2. The molecular formula is C13H14Cl2N2S. The molecule has 0 saturated carbocycles. The molecule has 0 aliphatic rings. The molecule has 1 atom stereocenters. The van der Waals surface area contributed by atoms with Crippen LogP contribution < -0.4 is 5.32 Å². The van der Waals surface area contributed by atoms with Gasteiger partial charge in [-0.25, -0.2) is 0 Å². The van der Waals surface area contributed by atoms with Crippen LogP contribution in [0.15, 0.2) is 24.4 Å². The van der Waals surface area contributed by atoms with Gasteiger partial charge in [0.15, 0.2) is 0 Å². The Kier molecular flexibility index (Phi) is 4.62. The van der Waals surface area contributed by atoms with Crippen molar-refractivity contribution in [3.8, 4) is 0 Å². The quantitative estimate of drug-likeness (QED) is 0.892. The predicted octanol–water partition coefficient (Wildman–Crippen LogP) is 4.61. The molecular weight excluding hydrogens is 287 g/mol. The van der Waals surface area contributed by atoms with Gasteiger partial charge in [0.25, 0.3) is 0 Å². The molecule has 0 radical (unpaired) electrons. The van der Waals surface area contributed by atoms with Crippen molar-refractivity contribution in [2.24, 2.45) is 0 Å². The fourth-order valence-electron chi connectivity index (χ4n) is 1.63. The van der Waals surface area contributed by atoms with E-state index in [-0.39, 0.29) is 6.04 Å². The van der Waals surface area contributed by atoms with Crippen LogP contribution in [0.2, 0.25) is 8.67 Å². The summed E-state index contributed by atoms with van der Waals surface area (Å²) in [5, 5.41) is 3.41. The summed E-state index contributed by atoms with van der Waals surface area (Å²) in [5.74, 6) is 0. The Morgan fingerprint density at radius 3 is 2.72 bits per heavy atom. The van der Waals surface area contributed by atoms with Gasteiger partial charge in [-0.1, -0.05) is 29.3 Å². The number of hydrogen-bond acceptors (Lipinski definition) is 3. The van der Waals surface area contributed by atoms with E-state index in [0.29, 0.717) is 0 Å². The zero-order valence-corrected chi connectivity index (χ0v) is 12.5. The Bertz CT molecular complexity index is 522. The molecule has 0 aromatic carbocycles. The molecule has 1 N–H and O–H groups in total. The van der Waals surface area contributed by atoms with Crippen LogP contribution in [0.5, 0.6) is 0 Å². The third-order valence-corrected chi connectivity index (χ3v) is 4.25. The zero-order valence-electron chi connectivity index (χ0n) is 10.2. The maximum absolute atomic E-state index is 6.12. The number of aryl methyl sites for hydroxylation is 1. The second-order valence-corrected chi connectivity index (χ2v) is 6.48. The van der Waals surface area contributed by atoms with Crippen molar-refractivity contribution in [1.82, 2.24) is 10.3 Å². The molecule has 1 unspecified atom stereocenters. The summed E-state index contributed by atoms with van der Waals surface area (Å²) in [4.78, 5) is 4.27. The number of nitrogens with zero attached hydrogens (tertiary/aromatic N) is 1. The van der Waals surface area contributed by atoms with E-state index < -0.39 is 0 Å². The van der Waals surface area contributed by atoms with Gasteiger partial charge in [0, 0.05) is 24.5 Å². The summed E-state index contributed by atoms with van der Waals surface area (Å²) in [5.41, 5.74) is 3.23. The monoisotopic (exact) mass is 300 g/mol. The lowest BCUT2D eigenvalue weighted by Gasteiger charge is -2.13. The zero-order chi connectivity index (χ0) is 13.1. The second kappa shape index (κ2) is 6.02. The molecule has 0 fully saturated rings. The third-order valence-electron chi connectivity index (χ3n) is 2.73. The van der Waals surface area contributed by atoms with Crippen molar-refractivity contribution in [2.75, 3.05) is 0 Å². The average Bonchev–Trinajstić information content (AvgIpc) is 2.67. The lowest BCUT2D eigenvalue weighted by atomic mass is 10.1. The average molecular weight is 301 g/mol. The Balaban J connectivity index is 1.98. The van der Waals surface area contributed by atoms with Gasteiger partial charge in [-0.2, -0.15) is 0 Å². The smallest absolute Gasteiger partial charge is 0.0991 e. The molecule has 0 saturated heterocycles. The molecule has 0 spiro atoms. The van der Waals surface area contributed by atoms with Crippen LogP contribution in [0.25, 0.3) is 0 Å². The second-order valence-electron chi connectivity index (χ2n) is 4.19. The lowest BCUT2D eigenvalue weighted by molar-refractivity contribution is 0.575. The van der Waals surface area contributed by atoms with Crippen molar-refractivity contribution in [1.29, 1.82) is 0 Å². The molecule has 0 amide bonds. The summed E-state index contributed by atoms with van der Waals surface area (Å²) in [6, 6.07) is 6.17. The Morgan fingerprint density at radius 1 is 1.39 bits per heavy atom. The fourth-order valence-corrected chi connectivity index (χ4v) is 3.28. The van der Waals surface area contributed by atoms with E-state index in [4.69, 9.17) is 23.2 Å². The number of thiophene rings is 1. The van der Waals surface area contributed by atoms with Gasteiger partial charge in [0.1, 0.15) is 0 Å². The maximum Gasteiger partial charge on any atom is 0.0991 e. The number of rotatable bonds is 4. The normalized spacial score (nSPS) is 12.7. The SMILES string of the molecule is Cc1ccc(CNC(C)c2cc(Cl)sc2Cl)cn1. The minimum atomic E-state index is 0.169. The summed E-state index contributed by atoms with van der Waals surface area (Å²) >= 11 is 13.5. The fraction of sp³-hybridized carbons (Fsp3) is 0.308. The first-order valence-corrected chi connectivity index (χ1v) is 7.23. The van der Waals surface area contributed by atoms with Gasteiger partial charge in [0.05, 0.1) is 8.67 Å². The maximum atomic E-state index is 6.12. The molecule has 0 aliphatic carbocycles. The van der Waals surface area contributed by atoms with Crippen LogP contribution in [0.4, 0.5) is 0 Å². The minimum absolute atomic E-state index is 0.169. The molecule has 18 heavy (non-hydrogen) atoms. The van der Waals surface area contributed by atoms with Crippen LogP contribution in [0.3, 0.4) is 0 Å². The van der Waals surface area contributed by atoms with Crippen LogP contribution in [-0.2, 0) is 6.54 Å². The number of hydrogen-bond donors (Lipinski definition) is 1. The molecule has 5 heteroatoms. The van der Waals surface area contributed by atoms with Crippen molar-refractivity contribution < 1.29 is 0 Å².